The van der Waals surface area contributed by atoms with E-state index in [0.29, 0.717) is 12.3 Å². The highest BCUT2D eigenvalue weighted by Gasteiger charge is 2.10. The van der Waals surface area contributed by atoms with E-state index in [9.17, 15) is 4.39 Å². The average Bonchev–Trinajstić information content (AvgIpc) is 2.31. The molecule has 0 aliphatic carbocycles. The third kappa shape index (κ3) is 6.24. The van der Waals surface area contributed by atoms with E-state index in [-0.39, 0.29) is 5.82 Å². The highest BCUT2D eigenvalue weighted by Crippen LogP contribution is 2.14. The Hall–Kier alpha value is -1.13. The molecule has 0 bridgehead atoms. The van der Waals surface area contributed by atoms with Gasteiger partial charge in [0.05, 0.1) is 0 Å². The summed E-state index contributed by atoms with van der Waals surface area (Å²) in [6, 6.07) is 5.85. The normalized spacial score (nSPS) is 16.1. The SMILES string of the molecule is Nc1cccc(F)c1.OCCC1CCNCC1. The van der Waals surface area contributed by atoms with Crippen molar-refractivity contribution in [2.75, 3.05) is 25.4 Å². The Labute approximate surface area is 102 Å². The Balaban J connectivity index is 0.000000171. The summed E-state index contributed by atoms with van der Waals surface area (Å²) in [5.74, 6) is 0.501. The maximum atomic E-state index is 12.1. The molecule has 4 heteroatoms. The minimum atomic E-state index is -0.287. The van der Waals surface area contributed by atoms with Gasteiger partial charge in [0.15, 0.2) is 0 Å². The molecule has 0 radical (unpaired) electrons. The zero-order chi connectivity index (χ0) is 12.5. The lowest BCUT2D eigenvalue weighted by Gasteiger charge is -2.21. The van der Waals surface area contributed by atoms with E-state index in [1.54, 1.807) is 12.1 Å². The molecule has 0 saturated carbocycles. The lowest BCUT2D eigenvalue weighted by molar-refractivity contribution is 0.235. The van der Waals surface area contributed by atoms with Gasteiger partial charge in [-0.25, -0.2) is 4.39 Å². The lowest BCUT2D eigenvalue weighted by Crippen LogP contribution is -2.28. The van der Waals surface area contributed by atoms with Gasteiger partial charge in [-0.3, -0.25) is 0 Å². The second kappa shape index (κ2) is 8.03. The highest BCUT2D eigenvalue weighted by molar-refractivity contribution is 5.36. The first-order valence-electron chi connectivity index (χ1n) is 6.05. The fourth-order valence-electron chi connectivity index (χ4n) is 1.86. The van der Waals surface area contributed by atoms with Crippen LogP contribution < -0.4 is 11.1 Å². The molecular formula is C13H21FN2O. The molecule has 1 aromatic rings. The minimum Gasteiger partial charge on any atom is -0.399 e. The maximum absolute atomic E-state index is 12.1. The maximum Gasteiger partial charge on any atom is 0.125 e. The Kier molecular flexibility index (Phi) is 6.58. The quantitative estimate of drug-likeness (QED) is 0.691. The van der Waals surface area contributed by atoms with Crippen LogP contribution >= 0.6 is 0 Å². The first-order chi connectivity index (χ1) is 8.22. The topological polar surface area (TPSA) is 58.3 Å². The number of anilines is 1. The molecule has 1 saturated heterocycles. The molecule has 96 valence electrons. The predicted octanol–water partition coefficient (Wildman–Crippen LogP) is 1.78. The molecule has 4 N–H and O–H groups in total. The van der Waals surface area contributed by atoms with Gasteiger partial charge in [0.25, 0.3) is 0 Å². The van der Waals surface area contributed by atoms with Crippen LogP contribution in [-0.2, 0) is 0 Å². The number of aliphatic hydroxyl groups excluding tert-OH is 1. The van der Waals surface area contributed by atoms with Gasteiger partial charge in [-0.1, -0.05) is 6.07 Å². The third-order valence-electron chi connectivity index (χ3n) is 2.84. The molecule has 0 spiro atoms. The molecule has 2 rings (SSSR count). The summed E-state index contributed by atoms with van der Waals surface area (Å²) in [5, 5.41) is 11.9. The average molecular weight is 240 g/mol. The standard InChI is InChI=1S/C7H15NO.C6H6FN/c9-6-3-7-1-4-8-5-2-7;7-5-2-1-3-6(8)4-5/h7-9H,1-6H2;1-4H,8H2. The molecule has 1 aliphatic rings. The zero-order valence-corrected chi connectivity index (χ0v) is 10.0. The summed E-state index contributed by atoms with van der Waals surface area (Å²) in [4.78, 5) is 0. The smallest absolute Gasteiger partial charge is 0.125 e. The number of benzene rings is 1. The van der Waals surface area contributed by atoms with Crippen molar-refractivity contribution in [1.82, 2.24) is 5.32 Å². The van der Waals surface area contributed by atoms with E-state index in [1.165, 1.54) is 25.0 Å². The van der Waals surface area contributed by atoms with Crippen LogP contribution in [-0.4, -0.2) is 24.8 Å². The van der Waals surface area contributed by atoms with Crippen molar-refractivity contribution in [1.29, 1.82) is 0 Å². The van der Waals surface area contributed by atoms with Gasteiger partial charge in [-0.2, -0.15) is 0 Å². The van der Waals surface area contributed by atoms with E-state index in [4.69, 9.17) is 10.8 Å². The van der Waals surface area contributed by atoms with Gasteiger partial charge in [-0.05, 0) is 56.5 Å². The van der Waals surface area contributed by atoms with E-state index in [2.05, 4.69) is 5.32 Å². The summed E-state index contributed by atoms with van der Waals surface area (Å²) in [5.41, 5.74) is 5.68. The summed E-state index contributed by atoms with van der Waals surface area (Å²) in [6.07, 6.45) is 3.50. The Morgan fingerprint density at radius 1 is 1.35 bits per heavy atom. The molecule has 1 aliphatic heterocycles. The Bertz CT molecular complexity index is 294. The van der Waals surface area contributed by atoms with Crippen LogP contribution in [0.5, 0.6) is 0 Å². The van der Waals surface area contributed by atoms with Gasteiger partial charge in [0, 0.05) is 12.3 Å². The molecule has 0 atom stereocenters. The number of halogens is 1. The molecule has 1 aromatic carbocycles. The number of piperidine rings is 1. The number of hydrogen-bond donors (Lipinski definition) is 3. The number of aliphatic hydroxyl groups is 1. The Morgan fingerprint density at radius 2 is 2.06 bits per heavy atom. The molecule has 0 aromatic heterocycles. The Morgan fingerprint density at radius 3 is 2.53 bits per heavy atom. The molecule has 1 fully saturated rings. The van der Waals surface area contributed by atoms with Crippen LogP contribution in [0.3, 0.4) is 0 Å². The highest BCUT2D eigenvalue weighted by atomic mass is 19.1. The van der Waals surface area contributed by atoms with Crippen LogP contribution in [0.1, 0.15) is 19.3 Å². The molecule has 17 heavy (non-hydrogen) atoms. The molecular weight excluding hydrogens is 219 g/mol. The molecule has 1 heterocycles. The number of hydrogen-bond acceptors (Lipinski definition) is 3. The fraction of sp³-hybridized carbons (Fsp3) is 0.538. The second-order valence-corrected chi connectivity index (χ2v) is 4.26. The molecule has 0 unspecified atom stereocenters. The van der Waals surface area contributed by atoms with Crippen molar-refractivity contribution in [3.63, 3.8) is 0 Å². The first kappa shape index (κ1) is 13.9. The van der Waals surface area contributed by atoms with Crippen molar-refractivity contribution >= 4 is 5.69 Å². The van der Waals surface area contributed by atoms with Crippen LogP contribution in [0, 0.1) is 11.7 Å². The zero-order valence-electron chi connectivity index (χ0n) is 10.0. The van der Waals surface area contributed by atoms with Crippen LogP contribution in [0.25, 0.3) is 0 Å². The van der Waals surface area contributed by atoms with Gasteiger partial charge in [0.1, 0.15) is 5.82 Å². The van der Waals surface area contributed by atoms with Crippen molar-refractivity contribution in [2.24, 2.45) is 5.92 Å². The monoisotopic (exact) mass is 240 g/mol. The van der Waals surface area contributed by atoms with Crippen molar-refractivity contribution in [3.8, 4) is 0 Å². The van der Waals surface area contributed by atoms with Gasteiger partial charge >= 0.3 is 0 Å². The number of nitrogens with one attached hydrogen (secondary N) is 1. The molecule has 0 amide bonds. The number of rotatable bonds is 2. The van der Waals surface area contributed by atoms with E-state index in [0.717, 1.165) is 25.4 Å². The van der Waals surface area contributed by atoms with Crippen LogP contribution in [0.15, 0.2) is 24.3 Å². The van der Waals surface area contributed by atoms with Crippen LogP contribution in [0.2, 0.25) is 0 Å². The van der Waals surface area contributed by atoms with E-state index < -0.39 is 0 Å². The summed E-state index contributed by atoms with van der Waals surface area (Å²) >= 11 is 0. The predicted molar refractivity (Wildman–Crippen MR) is 68.1 cm³/mol. The summed E-state index contributed by atoms with van der Waals surface area (Å²) in [6.45, 7) is 2.65. The first-order valence-corrected chi connectivity index (χ1v) is 6.05. The number of nitrogen functional groups attached to an aromatic ring is 1. The van der Waals surface area contributed by atoms with Crippen LogP contribution in [0.4, 0.5) is 10.1 Å². The fourth-order valence-corrected chi connectivity index (χ4v) is 1.86. The second-order valence-electron chi connectivity index (χ2n) is 4.26. The third-order valence-corrected chi connectivity index (χ3v) is 2.84. The van der Waals surface area contributed by atoms with Gasteiger partial charge in [0.2, 0.25) is 0 Å². The van der Waals surface area contributed by atoms with E-state index >= 15 is 0 Å². The van der Waals surface area contributed by atoms with Crippen molar-refractivity contribution < 1.29 is 9.50 Å². The summed E-state index contributed by atoms with van der Waals surface area (Å²) in [7, 11) is 0. The van der Waals surface area contributed by atoms with Gasteiger partial charge < -0.3 is 16.2 Å². The van der Waals surface area contributed by atoms with Crippen molar-refractivity contribution in [2.45, 2.75) is 19.3 Å². The van der Waals surface area contributed by atoms with Crippen molar-refractivity contribution in [3.05, 3.63) is 30.1 Å². The number of nitrogens with two attached hydrogens (primary N) is 1. The largest absolute Gasteiger partial charge is 0.399 e. The lowest BCUT2D eigenvalue weighted by atomic mass is 9.95. The molecule has 3 nitrogen and oxygen atoms in total. The van der Waals surface area contributed by atoms with Gasteiger partial charge in [-0.15, -0.1) is 0 Å². The van der Waals surface area contributed by atoms with E-state index in [1.807, 2.05) is 0 Å². The summed E-state index contributed by atoms with van der Waals surface area (Å²) < 4.78 is 12.1. The minimum absolute atomic E-state index is 0.287.